The summed E-state index contributed by atoms with van der Waals surface area (Å²) in [6, 6.07) is 5.86. The van der Waals surface area contributed by atoms with Crippen LogP contribution in [0.2, 0.25) is 0 Å². The number of amides is 1. The fraction of sp³-hybridized carbons (Fsp3) is 0.400. The van der Waals surface area contributed by atoms with Crippen LogP contribution in [0.1, 0.15) is 72.6 Å². The van der Waals surface area contributed by atoms with Gasteiger partial charge < -0.3 is 10.4 Å². The number of carbonyl (C=O) groups excluding carboxylic acids is 1. The predicted octanol–water partition coefficient (Wildman–Crippen LogP) is 3.78. The second kappa shape index (κ2) is 6.20. The van der Waals surface area contributed by atoms with Crippen LogP contribution in [0.15, 0.2) is 30.6 Å². The monoisotopic (exact) mass is 353 g/mol. The maximum absolute atomic E-state index is 12.6. The number of aromatic nitrogens is 2. The second-order valence-electron chi connectivity index (χ2n) is 8.08. The molecule has 0 unspecified atom stereocenters. The molecule has 136 valence electrons. The topological polar surface area (TPSA) is 92.2 Å². The minimum atomic E-state index is -1.21. The lowest BCUT2D eigenvalue weighted by Crippen LogP contribution is -2.34. The zero-order chi connectivity index (χ0) is 19.1. The Labute approximate surface area is 152 Å². The van der Waals surface area contributed by atoms with Gasteiger partial charge in [0, 0.05) is 5.56 Å². The van der Waals surface area contributed by atoms with Gasteiger partial charge in [0.25, 0.3) is 5.91 Å². The lowest BCUT2D eigenvalue weighted by atomic mass is 9.63. The second-order valence-corrected chi connectivity index (χ2v) is 8.08. The van der Waals surface area contributed by atoms with E-state index in [0.717, 1.165) is 12.8 Å². The molecule has 0 bridgehead atoms. The van der Waals surface area contributed by atoms with Crippen LogP contribution in [0.5, 0.6) is 0 Å². The average Bonchev–Trinajstić information content (AvgIpc) is 2.59. The molecule has 1 heterocycles. The summed E-state index contributed by atoms with van der Waals surface area (Å²) in [7, 11) is 0. The van der Waals surface area contributed by atoms with Crippen molar-refractivity contribution in [1.82, 2.24) is 9.97 Å². The number of hydrogen-bond acceptors (Lipinski definition) is 4. The minimum Gasteiger partial charge on any atom is -0.475 e. The number of hydrogen-bond donors (Lipinski definition) is 2. The molecular formula is C20H23N3O3. The summed E-state index contributed by atoms with van der Waals surface area (Å²) in [6.45, 7) is 8.90. The third-order valence-corrected chi connectivity index (χ3v) is 5.22. The Kier molecular flexibility index (Phi) is 4.30. The highest BCUT2D eigenvalue weighted by molar-refractivity contribution is 6.04. The van der Waals surface area contributed by atoms with Gasteiger partial charge in [0.1, 0.15) is 0 Å². The number of nitrogens with zero attached hydrogens (tertiary/aromatic N) is 2. The molecule has 6 heteroatoms. The van der Waals surface area contributed by atoms with Gasteiger partial charge in [0.05, 0.1) is 18.1 Å². The Hall–Kier alpha value is -2.76. The Morgan fingerprint density at radius 2 is 1.58 bits per heavy atom. The van der Waals surface area contributed by atoms with Crippen molar-refractivity contribution in [1.29, 1.82) is 0 Å². The van der Waals surface area contributed by atoms with Crippen molar-refractivity contribution < 1.29 is 14.7 Å². The van der Waals surface area contributed by atoms with Crippen LogP contribution in [-0.4, -0.2) is 27.0 Å². The highest BCUT2D eigenvalue weighted by Gasteiger charge is 2.37. The molecule has 26 heavy (non-hydrogen) atoms. The van der Waals surface area contributed by atoms with Crippen molar-refractivity contribution in [3.05, 3.63) is 53.1 Å². The van der Waals surface area contributed by atoms with Crippen molar-refractivity contribution >= 4 is 17.6 Å². The quantitative estimate of drug-likeness (QED) is 0.876. The van der Waals surface area contributed by atoms with Crippen molar-refractivity contribution in [3.8, 4) is 0 Å². The number of benzene rings is 1. The van der Waals surface area contributed by atoms with E-state index in [0.29, 0.717) is 11.3 Å². The van der Waals surface area contributed by atoms with Gasteiger partial charge in [-0.05, 0) is 46.9 Å². The molecule has 1 aliphatic rings. The zero-order valence-electron chi connectivity index (χ0n) is 15.5. The van der Waals surface area contributed by atoms with Crippen LogP contribution in [0.4, 0.5) is 5.69 Å². The van der Waals surface area contributed by atoms with Crippen LogP contribution in [-0.2, 0) is 10.8 Å². The Balaban J connectivity index is 1.88. The SMILES string of the molecule is CC1(C)CCC(C)(C)c2cc(C(=O)Nc3cnc(C(=O)O)nc3)ccc21. The van der Waals surface area contributed by atoms with Gasteiger partial charge in [-0.15, -0.1) is 0 Å². The molecule has 0 aliphatic heterocycles. The molecule has 2 N–H and O–H groups in total. The highest BCUT2D eigenvalue weighted by atomic mass is 16.4. The maximum atomic E-state index is 12.6. The largest absolute Gasteiger partial charge is 0.475 e. The molecule has 0 radical (unpaired) electrons. The molecule has 1 aromatic carbocycles. The molecule has 2 aromatic rings. The lowest BCUT2D eigenvalue weighted by molar-refractivity contribution is 0.0683. The molecule has 0 spiro atoms. The summed E-state index contributed by atoms with van der Waals surface area (Å²) in [5.74, 6) is -1.78. The summed E-state index contributed by atoms with van der Waals surface area (Å²) in [5.41, 5.74) is 3.54. The van der Waals surface area contributed by atoms with Crippen molar-refractivity contribution in [3.63, 3.8) is 0 Å². The van der Waals surface area contributed by atoms with E-state index in [4.69, 9.17) is 5.11 Å². The van der Waals surface area contributed by atoms with E-state index in [-0.39, 0.29) is 22.6 Å². The number of carboxylic acid groups (broad SMARTS) is 1. The lowest BCUT2D eigenvalue weighted by Gasteiger charge is -2.42. The first-order valence-electron chi connectivity index (χ1n) is 8.62. The van der Waals surface area contributed by atoms with Gasteiger partial charge in [-0.2, -0.15) is 0 Å². The number of rotatable bonds is 3. The zero-order valence-corrected chi connectivity index (χ0v) is 15.5. The number of aromatic carboxylic acids is 1. The Morgan fingerprint density at radius 1 is 1.00 bits per heavy atom. The minimum absolute atomic E-state index is 0.0212. The third kappa shape index (κ3) is 3.31. The molecular weight excluding hydrogens is 330 g/mol. The van der Waals surface area contributed by atoms with E-state index in [9.17, 15) is 9.59 Å². The molecule has 1 aliphatic carbocycles. The van der Waals surface area contributed by atoms with Crippen LogP contribution in [0.3, 0.4) is 0 Å². The summed E-state index contributed by atoms with van der Waals surface area (Å²) in [6.07, 6.45) is 4.77. The van der Waals surface area contributed by atoms with E-state index >= 15 is 0 Å². The van der Waals surface area contributed by atoms with E-state index in [1.165, 1.54) is 23.5 Å². The van der Waals surface area contributed by atoms with E-state index < -0.39 is 5.97 Å². The fourth-order valence-electron chi connectivity index (χ4n) is 3.44. The molecule has 0 saturated carbocycles. The summed E-state index contributed by atoms with van der Waals surface area (Å²) in [5, 5.41) is 11.5. The number of anilines is 1. The molecule has 0 fully saturated rings. The molecule has 3 rings (SSSR count). The maximum Gasteiger partial charge on any atom is 0.373 e. The number of carbonyl (C=O) groups is 2. The molecule has 0 saturated heterocycles. The number of nitrogens with one attached hydrogen (secondary N) is 1. The number of carboxylic acids is 1. The van der Waals surface area contributed by atoms with Crippen molar-refractivity contribution in [2.75, 3.05) is 5.32 Å². The fourth-order valence-corrected chi connectivity index (χ4v) is 3.44. The summed E-state index contributed by atoms with van der Waals surface area (Å²) in [4.78, 5) is 30.8. The molecule has 1 amide bonds. The normalized spacial score (nSPS) is 17.2. The van der Waals surface area contributed by atoms with Crippen LogP contribution >= 0.6 is 0 Å². The first-order chi connectivity index (χ1) is 12.1. The van der Waals surface area contributed by atoms with Crippen molar-refractivity contribution in [2.24, 2.45) is 0 Å². The van der Waals surface area contributed by atoms with Crippen LogP contribution < -0.4 is 5.32 Å². The first-order valence-corrected chi connectivity index (χ1v) is 8.62. The molecule has 1 aromatic heterocycles. The molecule has 6 nitrogen and oxygen atoms in total. The van der Waals surface area contributed by atoms with Gasteiger partial charge in [-0.25, -0.2) is 14.8 Å². The van der Waals surface area contributed by atoms with E-state index in [1.54, 1.807) is 0 Å². The Bertz CT molecular complexity index is 870. The van der Waals surface area contributed by atoms with Gasteiger partial charge in [0.2, 0.25) is 5.82 Å². The first kappa shape index (κ1) is 18.0. The standard InChI is InChI=1S/C20H23N3O3/c1-19(2)7-8-20(3,4)15-9-12(5-6-14(15)19)17(24)23-13-10-21-16(18(25)26)22-11-13/h5-6,9-11H,7-8H2,1-4H3,(H,23,24)(H,25,26). The van der Waals surface area contributed by atoms with Gasteiger partial charge in [-0.3, -0.25) is 4.79 Å². The van der Waals surface area contributed by atoms with E-state index in [1.807, 2.05) is 12.1 Å². The summed E-state index contributed by atoms with van der Waals surface area (Å²) < 4.78 is 0. The highest BCUT2D eigenvalue weighted by Crippen LogP contribution is 2.45. The number of fused-ring (bicyclic) bond motifs is 1. The smallest absolute Gasteiger partial charge is 0.373 e. The van der Waals surface area contributed by atoms with Gasteiger partial charge in [-0.1, -0.05) is 33.8 Å². The van der Waals surface area contributed by atoms with E-state index in [2.05, 4.69) is 49.0 Å². The molecule has 0 atom stereocenters. The predicted molar refractivity (Wildman–Crippen MR) is 98.7 cm³/mol. The van der Waals surface area contributed by atoms with Crippen LogP contribution in [0, 0.1) is 0 Å². The van der Waals surface area contributed by atoms with Crippen LogP contribution in [0.25, 0.3) is 0 Å². The van der Waals surface area contributed by atoms with Crippen molar-refractivity contribution in [2.45, 2.75) is 51.4 Å². The van der Waals surface area contributed by atoms with Gasteiger partial charge in [0.15, 0.2) is 0 Å². The summed E-state index contributed by atoms with van der Waals surface area (Å²) >= 11 is 0. The third-order valence-electron chi connectivity index (χ3n) is 5.22. The van der Waals surface area contributed by atoms with Gasteiger partial charge >= 0.3 is 5.97 Å². The Morgan fingerprint density at radius 3 is 2.15 bits per heavy atom. The average molecular weight is 353 g/mol.